The topological polar surface area (TPSA) is 18.5 Å². The molecule has 0 aromatic rings. The van der Waals surface area contributed by atoms with Crippen molar-refractivity contribution >= 4 is 0 Å². The van der Waals surface area contributed by atoms with E-state index in [1.54, 1.807) is 0 Å². The van der Waals surface area contributed by atoms with Gasteiger partial charge in [0.2, 0.25) is 0 Å². The average molecular weight is 152 g/mol. The van der Waals surface area contributed by atoms with E-state index in [2.05, 4.69) is 24.3 Å². The molecule has 11 heavy (non-hydrogen) atoms. The molecule has 1 aliphatic heterocycles. The second-order valence-corrected chi connectivity index (χ2v) is 2.82. The Kier molecular flexibility index (Phi) is 2.06. The van der Waals surface area contributed by atoms with Crippen molar-refractivity contribution in [1.82, 2.24) is 0 Å². The number of ether oxygens (including phenoxy) is 2. The summed E-state index contributed by atoms with van der Waals surface area (Å²) in [6, 6.07) is 0. The normalized spacial score (nSPS) is 31.5. The minimum atomic E-state index is 0.0104. The van der Waals surface area contributed by atoms with Crippen LogP contribution in [0.2, 0.25) is 0 Å². The van der Waals surface area contributed by atoms with Gasteiger partial charge in [-0.3, -0.25) is 0 Å². The van der Waals surface area contributed by atoms with Crippen molar-refractivity contribution in [1.29, 1.82) is 0 Å². The van der Waals surface area contributed by atoms with Crippen LogP contribution < -0.4 is 0 Å². The number of rotatable bonds is 1. The molecule has 1 aliphatic carbocycles. The Morgan fingerprint density at radius 3 is 2.55 bits per heavy atom. The van der Waals surface area contributed by atoms with Gasteiger partial charge in [0.15, 0.2) is 6.29 Å². The van der Waals surface area contributed by atoms with E-state index < -0.39 is 0 Å². The third kappa shape index (κ3) is 1.52. The molecule has 60 valence electrons. The lowest BCUT2D eigenvalue weighted by Gasteiger charge is -2.18. The lowest BCUT2D eigenvalue weighted by atomic mass is 10.0. The van der Waals surface area contributed by atoms with Crippen LogP contribution in [0.5, 0.6) is 0 Å². The van der Waals surface area contributed by atoms with Gasteiger partial charge < -0.3 is 9.47 Å². The maximum atomic E-state index is 5.39. The van der Waals surface area contributed by atoms with Gasteiger partial charge in [0.05, 0.1) is 13.2 Å². The van der Waals surface area contributed by atoms with E-state index in [-0.39, 0.29) is 6.29 Å². The van der Waals surface area contributed by atoms with Gasteiger partial charge in [-0.05, 0) is 6.42 Å². The molecular formula is C9H12O2. The quantitative estimate of drug-likeness (QED) is 0.566. The van der Waals surface area contributed by atoms with Crippen LogP contribution in [-0.4, -0.2) is 19.5 Å². The molecule has 1 unspecified atom stereocenters. The van der Waals surface area contributed by atoms with Gasteiger partial charge in [-0.1, -0.05) is 24.3 Å². The highest BCUT2D eigenvalue weighted by molar-refractivity contribution is 5.11. The molecule has 0 aromatic carbocycles. The van der Waals surface area contributed by atoms with Crippen molar-refractivity contribution in [3.05, 3.63) is 24.3 Å². The zero-order valence-corrected chi connectivity index (χ0v) is 6.40. The molecule has 0 aromatic heterocycles. The molecule has 1 fully saturated rings. The van der Waals surface area contributed by atoms with E-state index in [0.717, 1.165) is 19.6 Å². The van der Waals surface area contributed by atoms with Crippen LogP contribution in [0.3, 0.4) is 0 Å². The Balaban J connectivity index is 1.94. The smallest absolute Gasteiger partial charge is 0.164 e. The standard InChI is InChI=1S/C9H12O2/c1-2-4-8(5-3-1)9-10-6-7-11-9/h1-4,8-9H,5-7H2. The number of allylic oxidation sites excluding steroid dienone is 3. The van der Waals surface area contributed by atoms with Gasteiger partial charge in [-0.25, -0.2) is 0 Å². The first-order valence-electron chi connectivity index (χ1n) is 4.03. The van der Waals surface area contributed by atoms with Gasteiger partial charge in [0, 0.05) is 5.92 Å². The first-order valence-corrected chi connectivity index (χ1v) is 4.03. The molecule has 0 bridgehead atoms. The van der Waals surface area contributed by atoms with Crippen LogP contribution in [-0.2, 0) is 9.47 Å². The summed E-state index contributed by atoms with van der Waals surface area (Å²) in [7, 11) is 0. The van der Waals surface area contributed by atoms with E-state index in [0.29, 0.717) is 5.92 Å². The van der Waals surface area contributed by atoms with Gasteiger partial charge in [-0.2, -0.15) is 0 Å². The summed E-state index contributed by atoms with van der Waals surface area (Å²) in [5.74, 6) is 0.433. The van der Waals surface area contributed by atoms with Crippen molar-refractivity contribution in [2.75, 3.05) is 13.2 Å². The van der Waals surface area contributed by atoms with E-state index in [1.165, 1.54) is 0 Å². The molecule has 0 N–H and O–H groups in total. The van der Waals surface area contributed by atoms with Crippen molar-refractivity contribution < 1.29 is 9.47 Å². The highest BCUT2D eigenvalue weighted by Gasteiger charge is 2.24. The van der Waals surface area contributed by atoms with E-state index in [4.69, 9.17) is 9.47 Å². The zero-order valence-electron chi connectivity index (χ0n) is 6.40. The fraction of sp³-hybridized carbons (Fsp3) is 0.556. The minimum Gasteiger partial charge on any atom is -0.350 e. The molecule has 2 nitrogen and oxygen atoms in total. The Hall–Kier alpha value is -0.600. The largest absolute Gasteiger partial charge is 0.350 e. The number of hydrogen-bond donors (Lipinski definition) is 0. The third-order valence-electron chi connectivity index (χ3n) is 2.01. The van der Waals surface area contributed by atoms with Crippen molar-refractivity contribution in [3.8, 4) is 0 Å². The summed E-state index contributed by atoms with van der Waals surface area (Å²) in [5, 5.41) is 0. The lowest BCUT2D eigenvalue weighted by molar-refractivity contribution is -0.0696. The van der Waals surface area contributed by atoms with E-state index in [9.17, 15) is 0 Å². The van der Waals surface area contributed by atoms with Gasteiger partial charge in [-0.15, -0.1) is 0 Å². The van der Waals surface area contributed by atoms with Crippen LogP contribution in [0, 0.1) is 5.92 Å². The van der Waals surface area contributed by atoms with Gasteiger partial charge in [0.25, 0.3) is 0 Å². The molecular weight excluding hydrogens is 140 g/mol. The molecule has 2 heteroatoms. The predicted molar refractivity (Wildman–Crippen MR) is 42.1 cm³/mol. The summed E-state index contributed by atoms with van der Waals surface area (Å²) in [5.41, 5.74) is 0. The molecule has 1 atom stereocenters. The summed E-state index contributed by atoms with van der Waals surface area (Å²) < 4.78 is 10.8. The molecule has 0 spiro atoms. The van der Waals surface area contributed by atoms with Crippen molar-refractivity contribution in [2.45, 2.75) is 12.7 Å². The second kappa shape index (κ2) is 3.20. The summed E-state index contributed by atoms with van der Waals surface area (Å²) in [6.07, 6.45) is 9.47. The highest BCUT2D eigenvalue weighted by Crippen LogP contribution is 2.21. The first-order chi connectivity index (χ1) is 5.47. The zero-order chi connectivity index (χ0) is 7.52. The molecule has 0 radical (unpaired) electrons. The monoisotopic (exact) mass is 152 g/mol. The Morgan fingerprint density at radius 1 is 1.09 bits per heavy atom. The molecule has 1 heterocycles. The number of hydrogen-bond acceptors (Lipinski definition) is 2. The Morgan fingerprint density at radius 2 is 1.91 bits per heavy atom. The van der Waals surface area contributed by atoms with Crippen LogP contribution in [0.4, 0.5) is 0 Å². The fourth-order valence-corrected chi connectivity index (χ4v) is 1.43. The molecule has 2 aliphatic rings. The molecule has 1 saturated heterocycles. The van der Waals surface area contributed by atoms with Crippen molar-refractivity contribution in [2.24, 2.45) is 5.92 Å². The maximum absolute atomic E-state index is 5.39. The predicted octanol–water partition coefficient (Wildman–Crippen LogP) is 1.49. The molecule has 0 saturated carbocycles. The van der Waals surface area contributed by atoms with Crippen LogP contribution in [0.1, 0.15) is 6.42 Å². The average Bonchev–Trinajstić information content (AvgIpc) is 2.58. The van der Waals surface area contributed by atoms with E-state index in [1.807, 2.05) is 0 Å². The maximum Gasteiger partial charge on any atom is 0.164 e. The SMILES string of the molecule is C1=CCC(C2OCCO2)C=C1. The van der Waals surface area contributed by atoms with Gasteiger partial charge in [0.1, 0.15) is 0 Å². The van der Waals surface area contributed by atoms with E-state index >= 15 is 0 Å². The Labute approximate surface area is 66.5 Å². The molecule has 2 rings (SSSR count). The molecule has 0 amide bonds. The first kappa shape index (κ1) is 7.07. The summed E-state index contributed by atoms with van der Waals surface area (Å²) in [4.78, 5) is 0. The van der Waals surface area contributed by atoms with Crippen LogP contribution >= 0.6 is 0 Å². The van der Waals surface area contributed by atoms with Crippen LogP contribution in [0.15, 0.2) is 24.3 Å². The third-order valence-corrected chi connectivity index (χ3v) is 2.01. The fourth-order valence-electron chi connectivity index (χ4n) is 1.43. The Bertz CT molecular complexity index is 178. The summed E-state index contributed by atoms with van der Waals surface area (Å²) >= 11 is 0. The summed E-state index contributed by atoms with van der Waals surface area (Å²) in [6.45, 7) is 1.50. The van der Waals surface area contributed by atoms with Gasteiger partial charge >= 0.3 is 0 Å². The second-order valence-electron chi connectivity index (χ2n) is 2.82. The highest BCUT2D eigenvalue weighted by atomic mass is 16.7. The van der Waals surface area contributed by atoms with Crippen molar-refractivity contribution in [3.63, 3.8) is 0 Å². The lowest BCUT2D eigenvalue weighted by Crippen LogP contribution is -2.19. The van der Waals surface area contributed by atoms with Crippen LogP contribution in [0.25, 0.3) is 0 Å². The minimum absolute atomic E-state index is 0.0104.